The van der Waals surface area contributed by atoms with Crippen molar-refractivity contribution >= 4 is 11.8 Å². The first kappa shape index (κ1) is 14.2. The Kier molecular flexibility index (Phi) is 5.32. The Morgan fingerprint density at radius 2 is 2.00 bits per heavy atom. The molecule has 0 aliphatic carbocycles. The zero-order valence-corrected chi connectivity index (χ0v) is 10.6. The highest BCUT2D eigenvalue weighted by molar-refractivity contribution is 5.99. The second-order valence-corrected chi connectivity index (χ2v) is 3.88. The molecule has 5 heteroatoms. The molecule has 1 rings (SSSR count). The van der Waals surface area contributed by atoms with E-state index in [1.807, 2.05) is 6.92 Å². The van der Waals surface area contributed by atoms with Crippen LogP contribution in [0.15, 0.2) is 24.3 Å². The number of nitrogens with one attached hydrogen (secondary N) is 1. The third kappa shape index (κ3) is 3.56. The molecule has 1 aromatic rings. The molecule has 0 atom stereocenters. The molecule has 2 amide bonds. The molecular formula is C13H18N2O3. The fourth-order valence-corrected chi connectivity index (χ4v) is 1.43. The van der Waals surface area contributed by atoms with E-state index in [4.69, 9.17) is 5.11 Å². The smallest absolute Gasteiger partial charge is 0.253 e. The van der Waals surface area contributed by atoms with Crippen LogP contribution < -0.4 is 5.32 Å². The number of amides is 2. The molecule has 2 N–H and O–H groups in total. The van der Waals surface area contributed by atoms with Gasteiger partial charge in [-0.1, -0.05) is 6.07 Å². The lowest BCUT2D eigenvalue weighted by atomic mass is 10.1. The third-order valence-corrected chi connectivity index (χ3v) is 2.59. The van der Waals surface area contributed by atoms with Gasteiger partial charge in [-0.2, -0.15) is 0 Å². The summed E-state index contributed by atoms with van der Waals surface area (Å²) >= 11 is 0. The van der Waals surface area contributed by atoms with Crippen molar-refractivity contribution in [3.8, 4) is 0 Å². The quantitative estimate of drug-likeness (QED) is 0.799. The van der Waals surface area contributed by atoms with Crippen LogP contribution in [-0.2, 0) is 0 Å². The fourth-order valence-electron chi connectivity index (χ4n) is 1.43. The highest BCUT2D eigenvalue weighted by atomic mass is 16.3. The highest BCUT2D eigenvalue weighted by Crippen LogP contribution is 2.07. The van der Waals surface area contributed by atoms with Crippen LogP contribution in [0, 0.1) is 0 Å². The average Bonchev–Trinajstić information content (AvgIpc) is 2.43. The van der Waals surface area contributed by atoms with Crippen LogP contribution in [0.4, 0.5) is 0 Å². The van der Waals surface area contributed by atoms with Gasteiger partial charge in [0.2, 0.25) is 0 Å². The van der Waals surface area contributed by atoms with E-state index in [2.05, 4.69) is 5.32 Å². The Hall–Kier alpha value is -1.88. The second kappa shape index (κ2) is 6.76. The number of aliphatic hydroxyl groups is 1. The van der Waals surface area contributed by atoms with Crippen molar-refractivity contribution < 1.29 is 14.7 Å². The number of carbonyl (C=O) groups excluding carboxylic acids is 2. The van der Waals surface area contributed by atoms with Crippen molar-refractivity contribution in [1.82, 2.24) is 10.2 Å². The molecule has 0 saturated heterocycles. The number of benzene rings is 1. The van der Waals surface area contributed by atoms with Gasteiger partial charge < -0.3 is 15.3 Å². The van der Waals surface area contributed by atoms with Crippen LogP contribution in [0.25, 0.3) is 0 Å². The van der Waals surface area contributed by atoms with E-state index in [1.165, 1.54) is 0 Å². The predicted molar refractivity (Wildman–Crippen MR) is 68.5 cm³/mol. The van der Waals surface area contributed by atoms with Gasteiger partial charge in [-0.25, -0.2) is 0 Å². The largest absolute Gasteiger partial charge is 0.395 e. The van der Waals surface area contributed by atoms with Crippen molar-refractivity contribution in [3.63, 3.8) is 0 Å². The second-order valence-electron chi connectivity index (χ2n) is 3.88. The molecular weight excluding hydrogens is 232 g/mol. The molecule has 5 nitrogen and oxygen atoms in total. The molecule has 0 aliphatic heterocycles. The van der Waals surface area contributed by atoms with E-state index in [1.54, 1.807) is 36.2 Å². The lowest BCUT2D eigenvalue weighted by molar-refractivity contribution is 0.0802. The summed E-state index contributed by atoms with van der Waals surface area (Å²) in [6, 6.07) is 6.54. The molecule has 0 fully saturated rings. The summed E-state index contributed by atoms with van der Waals surface area (Å²) in [5.41, 5.74) is 0.898. The van der Waals surface area contributed by atoms with Gasteiger partial charge in [-0.15, -0.1) is 0 Å². The van der Waals surface area contributed by atoms with Crippen molar-refractivity contribution in [2.24, 2.45) is 0 Å². The van der Waals surface area contributed by atoms with Crippen LogP contribution in [-0.4, -0.2) is 48.6 Å². The molecule has 18 heavy (non-hydrogen) atoms. The van der Waals surface area contributed by atoms with Crippen molar-refractivity contribution in [3.05, 3.63) is 35.4 Å². The van der Waals surface area contributed by atoms with E-state index in [9.17, 15) is 9.59 Å². The van der Waals surface area contributed by atoms with Crippen LogP contribution >= 0.6 is 0 Å². The van der Waals surface area contributed by atoms with Crippen LogP contribution in [0.3, 0.4) is 0 Å². The maximum absolute atomic E-state index is 11.9. The van der Waals surface area contributed by atoms with E-state index in [0.717, 1.165) is 0 Å². The number of rotatable bonds is 5. The average molecular weight is 250 g/mol. The van der Waals surface area contributed by atoms with Gasteiger partial charge in [0.25, 0.3) is 11.8 Å². The predicted octanol–water partition coefficient (Wildman–Crippen LogP) is 0.501. The molecule has 0 aromatic heterocycles. The minimum atomic E-state index is -0.294. The lowest BCUT2D eigenvalue weighted by Gasteiger charge is -2.14. The minimum absolute atomic E-state index is 0.108. The number of nitrogens with zero attached hydrogens (tertiary/aromatic N) is 1. The summed E-state index contributed by atoms with van der Waals surface area (Å²) in [5.74, 6) is -0.410. The van der Waals surface area contributed by atoms with Gasteiger partial charge in [-0.3, -0.25) is 9.59 Å². The van der Waals surface area contributed by atoms with Gasteiger partial charge in [0, 0.05) is 31.3 Å². The zero-order valence-electron chi connectivity index (χ0n) is 10.6. The number of hydrogen-bond acceptors (Lipinski definition) is 3. The van der Waals surface area contributed by atoms with Gasteiger partial charge in [0.1, 0.15) is 0 Å². The first-order chi connectivity index (χ1) is 8.60. The molecule has 0 bridgehead atoms. The van der Waals surface area contributed by atoms with Crippen molar-refractivity contribution in [2.45, 2.75) is 6.92 Å². The fraction of sp³-hybridized carbons (Fsp3) is 0.385. The summed E-state index contributed by atoms with van der Waals surface area (Å²) in [7, 11) is 1.71. The molecule has 0 heterocycles. The Labute approximate surface area is 106 Å². The SMILES string of the molecule is CCN(C)C(=O)c1cccc(C(=O)NCCO)c1. The Balaban J connectivity index is 2.85. The van der Waals surface area contributed by atoms with Gasteiger partial charge in [0.05, 0.1) is 6.61 Å². The van der Waals surface area contributed by atoms with E-state index < -0.39 is 0 Å². The van der Waals surface area contributed by atoms with Gasteiger partial charge in [0.15, 0.2) is 0 Å². The molecule has 0 saturated carbocycles. The Bertz CT molecular complexity index is 432. The standard InChI is InChI=1S/C13H18N2O3/c1-3-15(2)13(18)11-6-4-5-10(9-11)12(17)14-7-8-16/h4-6,9,16H,3,7-8H2,1-2H3,(H,14,17). The topological polar surface area (TPSA) is 69.6 Å². The molecule has 0 aliphatic rings. The first-order valence-corrected chi connectivity index (χ1v) is 5.84. The van der Waals surface area contributed by atoms with Gasteiger partial charge in [-0.05, 0) is 25.1 Å². The zero-order chi connectivity index (χ0) is 13.5. The summed E-state index contributed by atoms with van der Waals surface area (Å²) < 4.78 is 0. The van der Waals surface area contributed by atoms with Crippen molar-refractivity contribution in [1.29, 1.82) is 0 Å². The molecule has 0 radical (unpaired) electrons. The van der Waals surface area contributed by atoms with Crippen LogP contribution in [0.2, 0.25) is 0 Å². The number of aliphatic hydroxyl groups excluding tert-OH is 1. The summed E-state index contributed by atoms with van der Waals surface area (Å²) in [6.45, 7) is 2.59. The normalized spacial score (nSPS) is 9.94. The maximum atomic E-state index is 11.9. The van der Waals surface area contributed by atoms with Crippen LogP contribution in [0.1, 0.15) is 27.6 Å². The number of carbonyl (C=O) groups is 2. The molecule has 98 valence electrons. The number of hydrogen-bond donors (Lipinski definition) is 2. The Morgan fingerprint density at radius 1 is 1.33 bits per heavy atom. The first-order valence-electron chi connectivity index (χ1n) is 5.84. The monoisotopic (exact) mass is 250 g/mol. The van der Waals surface area contributed by atoms with Crippen molar-refractivity contribution in [2.75, 3.05) is 26.7 Å². The minimum Gasteiger partial charge on any atom is -0.395 e. The summed E-state index contributed by atoms with van der Waals surface area (Å²) in [4.78, 5) is 25.2. The summed E-state index contributed by atoms with van der Waals surface area (Å²) in [5, 5.41) is 11.2. The van der Waals surface area contributed by atoms with E-state index >= 15 is 0 Å². The van der Waals surface area contributed by atoms with Gasteiger partial charge >= 0.3 is 0 Å². The molecule has 1 aromatic carbocycles. The van der Waals surface area contributed by atoms with E-state index in [-0.39, 0.29) is 25.0 Å². The molecule has 0 spiro atoms. The lowest BCUT2D eigenvalue weighted by Crippen LogP contribution is -2.28. The van der Waals surface area contributed by atoms with Crippen LogP contribution in [0.5, 0.6) is 0 Å². The summed E-state index contributed by atoms with van der Waals surface area (Å²) in [6.07, 6.45) is 0. The third-order valence-electron chi connectivity index (χ3n) is 2.59. The maximum Gasteiger partial charge on any atom is 0.253 e. The van der Waals surface area contributed by atoms with E-state index in [0.29, 0.717) is 17.7 Å². The highest BCUT2D eigenvalue weighted by Gasteiger charge is 2.12. The molecule has 0 unspecified atom stereocenters. The Morgan fingerprint density at radius 3 is 2.61 bits per heavy atom.